The number of ether oxygens (including phenoxy) is 1. The van der Waals surface area contributed by atoms with Gasteiger partial charge < -0.3 is 19.7 Å². The van der Waals surface area contributed by atoms with E-state index in [1.807, 2.05) is 0 Å². The number of nitrogens with zero attached hydrogens (tertiary/aromatic N) is 2. The maximum Gasteiger partial charge on any atom is 0.244 e. The topological polar surface area (TPSA) is 80.4 Å². The first-order valence-corrected chi connectivity index (χ1v) is 6.22. The number of hydrogen-bond acceptors (Lipinski definition) is 6. The molecular weight excluding hydrogens is 246 g/mol. The third-order valence-corrected chi connectivity index (χ3v) is 3.24. The van der Waals surface area contributed by atoms with Gasteiger partial charge in [0.1, 0.15) is 0 Å². The second-order valence-corrected chi connectivity index (χ2v) is 4.49. The molecule has 2 aromatic rings. The number of phenolic OH excluding ortho intramolecular Hbond substituents is 1. The van der Waals surface area contributed by atoms with Gasteiger partial charge in [-0.2, -0.15) is 4.98 Å². The Morgan fingerprint density at radius 3 is 3.11 bits per heavy atom. The zero-order valence-corrected chi connectivity index (χ0v) is 10.6. The fourth-order valence-corrected chi connectivity index (χ4v) is 2.21. The molecule has 2 N–H and O–H groups in total. The van der Waals surface area contributed by atoms with E-state index in [1.54, 1.807) is 18.2 Å². The molecule has 19 heavy (non-hydrogen) atoms. The summed E-state index contributed by atoms with van der Waals surface area (Å²) in [5.74, 6) is 1.59. The number of aromatic nitrogens is 2. The van der Waals surface area contributed by atoms with Crippen LogP contribution in [0, 0.1) is 0 Å². The summed E-state index contributed by atoms with van der Waals surface area (Å²) in [6.07, 6.45) is 2.13. The van der Waals surface area contributed by atoms with Gasteiger partial charge in [-0.1, -0.05) is 5.16 Å². The maximum atomic E-state index is 9.56. The summed E-state index contributed by atoms with van der Waals surface area (Å²) in [4.78, 5) is 4.39. The van der Waals surface area contributed by atoms with E-state index in [2.05, 4.69) is 15.5 Å². The Bertz CT molecular complexity index is 576. The molecule has 6 nitrogen and oxygen atoms in total. The Balaban J connectivity index is 1.89. The van der Waals surface area contributed by atoms with Gasteiger partial charge in [0, 0.05) is 5.56 Å². The Hall–Kier alpha value is -2.08. The average Bonchev–Trinajstić information content (AvgIpc) is 3.10. The summed E-state index contributed by atoms with van der Waals surface area (Å²) in [5.41, 5.74) is 0.752. The highest BCUT2D eigenvalue weighted by Gasteiger charge is 2.22. The standard InChI is InChI=1S/C13H15N3O3/c1-18-11-7-8(4-5-10(11)17)12-15-13(19-16-12)9-3-2-6-14-9/h4-5,7,9,14,17H,2-3,6H2,1H3/t9-/m0/s1. The predicted octanol–water partition coefficient (Wildman–Crippen LogP) is 1.88. The van der Waals surface area contributed by atoms with Crippen molar-refractivity contribution in [2.24, 2.45) is 0 Å². The highest BCUT2D eigenvalue weighted by Crippen LogP contribution is 2.31. The Morgan fingerprint density at radius 2 is 2.37 bits per heavy atom. The van der Waals surface area contributed by atoms with Gasteiger partial charge >= 0.3 is 0 Å². The molecule has 0 spiro atoms. The summed E-state index contributed by atoms with van der Waals surface area (Å²) in [7, 11) is 1.50. The second kappa shape index (κ2) is 4.89. The molecule has 0 unspecified atom stereocenters. The van der Waals surface area contributed by atoms with Crippen LogP contribution >= 0.6 is 0 Å². The Labute approximate surface area is 110 Å². The first-order chi connectivity index (χ1) is 9.28. The maximum absolute atomic E-state index is 9.56. The average molecular weight is 261 g/mol. The van der Waals surface area contributed by atoms with Crippen LogP contribution in [0.15, 0.2) is 22.7 Å². The monoisotopic (exact) mass is 261 g/mol. The van der Waals surface area contributed by atoms with Crippen LogP contribution in [-0.4, -0.2) is 28.9 Å². The summed E-state index contributed by atoms with van der Waals surface area (Å²) in [6.45, 7) is 0.982. The van der Waals surface area contributed by atoms with Crippen molar-refractivity contribution in [1.82, 2.24) is 15.5 Å². The van der Waals surface area contributed by atoms with Crippen LogP contribution in [0.1, 0.15) is 24.8 Å². The lowest BCUT2D eigenvalue weighted by Crippen LogP contribution is -2.12. The fourth-order valence-electron chi connectivity index (χ4n) is 2.21. The van der Waals surface area contributed by atoms with Crippen molar-refractivity contribution < 1.29 is 14.4 Å². The quantitative estimate of drug-likeness (QED) is 0.878. The summed E-state index contributed by atoms with van der Waals surface area (Å²) in [6, 6.07) is 5.12. The van der Waals surface area contributed by atoms with Crippen LogP contribution in [0.3, 0.4) is 0 Å². The Kier molecular flexibility index (Phi) is 3.08. The molecule has 0 saturated carbocycles. The van der Waals surface area contributed by atoms with E-state index in [4.69, 9.17) is 9.26 Å². The molecule has 1 fully saturated rings. The van der Waals surface area contributed by atoms with Crippen LogP contribution in [-0.2, 0) is 0 Å². The van der Waals surface area contributed by atoms with Gasteiger partial charge in [-0.25, -0.2) is 0 Å². The molecule has 0 aliphatic carbocycles. The number of rotatable bonds is 3. The van der Waals surface area contributed by atoms with Crippen molar-refractivity contribution in [3.05, 3.63) is 24.1 Å². The zero-order valence-electron chi connectivity index (χ0n) is 10.6. The Morgan fingerprint density at radius 1 is 1.47 bits per heavy atom. The number of benzene rings is 1. The van der Waals surface area contributed by atoms with E-state index in [9.17, 15) is 5.11 Å². The predicted molar refractivity (Wildman–Crippen MR) is 67.9 cm³/mol. The van der Waals surface area contributed by atoms with E-state index in [0.717, 1.165) is 24.9 Å². The van der Waals surface area contributed by atoms with Crippen LogP contribution in [0.5, 0.6) is 11.5 Å². The number of phenols is 1. The molecule has 1 aromatic carbocycles. The smallest absolute Gasteiger partial charge is 0.244 e. The van der Waals surface area contributed by atoms with E-state index in [0.29, 0.717) is 17.5 Å². The molecule has 3 rings (SSSR count). The normalized spacial score (nSPS) is 18.7. The minimum absolute atomic E-state index is 0.0902. The molecule has 0 radical (unpaired) electrons. The molecular formula is C13H15N3O3. The molecule has 2 heterocycles. The van der Waals surface area contributed by atoms with Gasteiger partial charge in [-0.3, -0.25) is 0 Å². The van der Waals surface area contributed by atoms with Crippen molar-refractivity contribution in [3.8, 4) is 22.9 Å². The lowest BCUT2D eigenvalue weighted by molar-refractivity contribution is 0.345. The SMILES string of the molecule is COc1cc(-c2noc([C@@H]3CCCN3)n2)ccc1O. The fraction of sp³-hybridized carbons (Fsp3) is 0.385. The zero-order chi connectivity index (χ0) is 13.2. The van der Waals surface area contributed by atoms with E-state index >= 15 is 0 Å². The molecule has 1 aliphatic heterocycles. The minimum Gasteiger partial charge on any atom is -0.504 e. The van der Waals surface area contributed by atoms with E-state index in [-0.39, 0.29) is 11.8 Å². The van der Waals surface area contributed by atoms with Crippen LogP contribution in [0.2, 0.25) is 0 Å². The lowest BCUT2D eigenvalue weighted by atomic mass is 10.2. The number of methoxy groups -OCH3 is 1. The van der Waals surface area contributed by atoms with E-state index < -0.39 is 0 Å². The van der Waals surface area contributed by atoms with Crippen LogP contribution in [0.4, 0.5) is 0 Å². The molecule has 1 saturated heterocycles. The number of aromatic hydroxyl groups is 1. The van der Waals surface area contributed by atoms with Crippen molar-refractivity contribution in [2.75, 3.05) is 13.7 Å². The van der Waals surface area contributed by atoms with Gasteiger partial charge in [-0.15, -0.1) is 0 Å². The molecule has 1 aromatic heterocycles. The van der Waals surface area contributed by atoms with Crippen molar-refractivity contribution in [2.45, 2.75) is 18.9 Å². The summed E-state index contributed by atoms with van der Waals surface area (Å²) in [5, 5.41) is 16.8. The van der Waals surface area contributed by atoms with E-state index in [1.165, 1.54) is 7.11 Å². The van der Waals surface area contributed by atoms with Crippen LogP contribution < -0.4 is 10.1 Å². The number of hydrogen-bond donors (Lipinski definition) is 2. The van der Waals surface area contributed by atoms with Gasteiger partial charge in [0.05, 0.1) is 13.2 Å². The lowest BCUT2D eigenvalue weighted by Gasteiger charge is -2.04. The van der Waals surface area contributed by atoms with Gasteiger partial charge in [-0.05, 0) is 37.6 Å². The largest absolute Gasteiger partial charge is 0.504 e. The molecule has 1 aliphatic rings. The molecule has 100 valence electrons. The van der Waals surface area contributed by atoms with Crippen LogP contribution in [0.25, 0.3) is 11.4 Å². The minimum atomic E-state index is 0.0902. The first-order valence-electron chi connectivity index (χ1n) is 6.22. The second-order valence-electron chi connectivity index (χ2n) is 4.49. The van der Waals surface area contributed by atoms with Crippen molar-refractivity contribution in [3.63, 3.8) is 0 Å². The molecule has 6 heteroatoms. The summed E-state index contributed by atoms with van der Waals surface area (Å²) < 4.78 is 10.3. The van der Waals surface area contributed by atoms with Crippen molar-refractivity contribution in [1.29, 1.82) is 0 Å². The van der Waals surface area contributed by atoms with Gasteiger partial charge in [0.25, 0.3) is 0 Å². The molecule has 0 amide bonds. The van der Waals surface area contributed by atoms with Crippen molar-refractivity contribution >= 4 is 0 Å². The highest BCUT2D eigenvalue weighted by molar-refractivity contribution is 5.60. The van der Waals surface area contributed by atoms with Gasteiger partial charge in [0.15, 0.2) is 11.5 Å². The van der Waals surface area contributed by atoms with Gasteiger partial charge in [0.2, 0.25) is 11.7 Å². The highest BCUT2D eigenvalue weighted by atomic mass is 16.5. The third kappa shape index (κ3) is 2.26. The third-order valence-electron chi connectivity index (χ3n) is 3.24. The first kappa shape index (κ1) is 12.0. The summed E-state index contributed by atoms with van der Waals surface area (Å²) >= 11 is 0. The molecule has 0 bridgehead atoms. The number of nitrogens with one attached hydrogen (secondary N) is 1. The molecule has 1 atom stereocenters.